The van der Waals surface area contributed by atoms with Crippen LogP contribution in [-0.4, -0.2) is 31.6 Å². The zero-order valence-electron chi connectivity index (χ0n) is 9.10. The second-order valence-corrected chi connectivity index (χ2v) is 6.85. The number of rotatable bonds is 4. The molecule has 0 aliphatic rings. The van der Waals surface area contributed by atoms with Crippen molar-refractivity contribution < 1.29 is 13.5 Å². The minimum Gasteiger partial charge on any atom is -0.395 e. The Labute approximate surface area is 110 Å². The zero-order valence-corrected chi connectivity index (χ0v) is 11.4. The normalized spacial score (nSPS) is 15.6. The highest BCUT2D eigenvalue weighted by molar-refractivity contribution is 7.91. The van der Waals surface area contributed by atoms with Crippen LogP contribution in [0.2, 0.25) is 10.0 Å². The molecule has 0 bridgehead atoms. The fourth-order valence-electron chi connectivity index (χ4n) is 1.49. The maximum absolute atomic E-state index is 11.4. The van der Waals surface area contributed by atoms with Crippen molar-refractivity contribution in [2.75, 3.05) is 12.9 Å². The Morgan fingerprint density at radius 1 is 1.41 bits per heavy atom. The lowest BCUT2D eigenvalue weighted by Crippen LogP contribution is -2.36. The van der Waals surface area contributed by atoms with Crippen LogP contribution in [0, 0.1) is 0 Å². The van der Waals surface area contributed by atoms with Gasteiger partial charge in [0.05, 0.1) is 12.6 Å². The van der Waals surface area contributed by atoms with Gasteiger partial charge < -0.3 is 10.8 Å². The van der Waals surface area contributed by atoms with Gasteiger partial charge in [-0.3, -0.25) is 0 Å². The summed E-state index contributed by atoms with van der Waals surface area (Å²) in [6.07, 6.45) is 1.03. The molecule has 0 spiro atoms. The molecule has 1 aromatic rings. The molecule has 0 saturated carbocycles. The summed E-state index contributed by atoms with van der Waals surface area (Å²) in [5.74, 6) is 0. The maximum Gasteiger partial charge on any atom is 0.154 e. The molecule has 17 heavy (non-hydrogen) atoms. The molecule has 0 unspecified atom stereocenters. The number of hydrogen-bond acceptors (Lipinski definition) is 4. The highest BCUT2D eigenvalue weighted by Crippen LogP contribution is 2.28. The smallest absolute Gasteiger partial charge is 0.154 e. The fourth-order valence-corrected chi connectivity index (χ4v) is 2.97. The molecule has 4 nitrogen and oxygen atoms in total. The lowest BCUT2D eigenvalue weighted by Gasteiger charge is -2.21. The van der Waals surface area contributed by atoms with Gasteiger partial charge in [0.1, 0.15) is 5.25 Å². The van der Waals surface area contributed by atoms with Crippen molar-refractivity contribution in [2.24, 2.45) is 5.73 Å². The quantitative estimate of drug-likeness (QED) is 0.880. The van der Waals surface area contributed by atoms with Gasteiger partial charge in [-0.1, -0.05) is 29.3 Å². The van der Waals surface area contributed by atoms with E-state index in [1.807, 2.05) is 0 Å². The van der Waals surface area contributed by atoms with Gasteiger partial charge in [0.15, 0.2) is 9.84 Å². The van der Waals surface area contributed by atoms with E-state index in [1.165, 1.54) is 6.07 Å². The summed E-state index contributed by atoms with van der Waals surface area (Å²) in [4.78, 5) is 0. The molecule has 96 valence electrons. The molecular formula is C10H13Cl2NO3S. The van der Waals surface area contributed by atoms with Gasteiger partial charge in [0.2, 0.25) is 0 Å². The molecule has 7 heteroatoms. The third-order valence-corrected chi connectivity index (χ3v) is 4.56. The number of halogens is 2. The molecule has 2 atom stereocenters. The Bertz CT molecular complexity index is 504. The molecule has 1 aromatic carbocycles. The molecule has 0 radical (unpaired) electrons. The van der Waals surface area contributed by atoms with E-state index in [0.717, 1.165) is 6.26 Å². The molecular weight excluding hydrogens is 285 g/mol. The van der Waals surface area contributed by atoms with Gasteiger partial charge >= 0.3 is 0 Å². The minimum atomic E-state index is -3.46. The predicted molar refractivity (Wildman–Crippen MR) is 69.1 cm³/mol. The SMILES string of the molecule is CS(=O)(=O)[C@@H](CO)[C@H](N)c1ccc(Cl)cc1Cl. The maximum atomic E-state index is 11.4. The first kappa shape index (κ1) is 14.7. The van der Waals surface area contributed by atoms with Gasteiger partial charge in [0, 0.05) is 16.3 Å². The number of aliphatic hydroxyl groups excluding tert-OH is 1. The van der Waals surface area contributed by atoms with Crippen LogP contribution in [0.15, 0.2) is 18.2 Å². The number of sulfone groups is 1. The van der Waals surface area contributed by atoms with E-state index in [2.05, 4.69) is 0 Å². The lowest BCUT2D eigenvalue weighted by molar-refractivity contribution is 0.278. The average molecular weight is 298 g/mol. The summed E-state index contributed by atoms with van der Waals surface area (Å²) < 4.78 is 22.9. The summed E-state index contributed by atoms with van der Waals surface area (Å²) in [6, 6.07) is 3.72. The Balaban J connectivity index is 3.15. The first-order valence-electron chi connectivity index (χ1n) is 4.77. The van der Waals surface area contributed by atoms with Crippen LogP contribution in [0.3, 0.4) is 0 Å². The van der Waals surface area contributed by atoms with Crippen molar-refractivity contribution in [1.82, 2.24) is 0 Å². The number of nitrogens with two attached hydrogens (primary N) is 1. The molecule has 0 aliphatic heterocycles. The molecule has 0 fully saturated rings. The van der Waals surface area contributed by atoms with Crippen LogP contribution < -0.4 is 5.73 Å². The highest BCUT2D eigenvalue weighted by atomic mass is 35.5. The number of aliphatic hydroxyl groups is 1. The van der Waals surface area contributed by atoms with E-state index < -0.39 is 27.7 Å². The molecule has 0 heterocycles. The summed E-state index contributed by atoms with van der Waals surface area (Å²) in [6.45, 7) is -0.557. The second-order valence-electron chi connectivity index (χ2n) is 3.74. The van der Waals surface area contributed by atoms with Crippen molar-refractivity contribution >= 4 is 33.0 Å². The van der Waals surface area contributed by atoms with Gasteiger partial charge in [-0.25, -0.2) is 8.42 Å². The van der Waals surface area contributed by atoms with Crippen molar-refractivity contribution in [3.8, 4) is 0 Å². The first-order valence-corrected chi connectivity index (χ1v) is 7.48. The Kier molecular flexibility index (Phi) is 4.80. The van der Waals surface area contributed by atoms with Gasteiger partial charge in [0.25, 0.3) is 0 Å². The topological polar surface area (TPSA) is 80.4 Å². The van der Waals surface area contributed by atoms with Crippen molar-refractivity contribution in [3.05, 3.63) is 33.8 Å². The number of hydrogen-bond donors (Lipinski definition) is 2. The Morgan fingerprint density at radius 3 is 2.41 bits per heavy atom. The third-order valence-electron chi connectivity index (χ3n) is 2.45. The van der Waals surface area contributed by atoms with E-state index in [9.17, 15) is 8.42 Å². The molecule has 1 rings (SSSR count). The molecule has 0 aliphatic carbocycles. The molecule has 0 saturated heterocycles. The van der Waals surface area contributed by atoms with E-state index in [1.54, 1.807) is 12.1 Å². The fraction of sp³-hybridized carbons (Fsp3) is 0.400. The van der Waals surface area contributed by atoms with Crippen LogP contribution in [0.1, 0.15) is 11.6 Å². The van der Waals surface area contributed by atoms with Crippen LogP contribution in [0.4, 0.5) is 0 Å². The highest BCUT2D eigenvalue weighted by Gasteiger charge is 2.29. The minimum absolute atomic E-state index is 0.284. The summed E-state index contributed by atoms with van der Waals surface area (Å²) >= 11 is 11.7. The van der Waals surface area contributed by atoms with Crippen molar-refractivity contribution in [2.45, 2.75) is 11.3 Å². The van der Waals surface area contributed by atoms with E-state index in [4.69, 9.17) is 34.0 Å². The first-order chi connectivity index (χ1) is 7.77. The van der Waals surface area contributed by atoms with Gasteiger partial charge in [-0.15, -0.1) is 0 Å². The van der Waals surface area contributed by atoms with Crippen molar-refractivity contribution in [3.63, 3.8) is 0 Å². The largest absolute Gasteiger partial charge is 0.395 e. The van der Waals surface area contributed by atoms with Crippen LogP contribution in [0.5, 0.6) is 0 Å². The summed E-state index contributed by atoms with van der Waals surface area (Å²) in [7, 11) is -3.46. The van der Waals surface area contributed by atoms with Gasteiger partial charge in [-0.05, 0) is 17.7 Å². The molecule has 3 N–H and O–H groups in total. The predicted octanol–water partition coefficient (Wildman–Crippen LogP) is 1.40. The Morgan fingerprint density at radius 2 is 2.00 bits per heavy atom. The summed E-state index contributed by atoms with van der Waals surface area (Å²) in [5.41, 5.74) is 6.27. The van der Waals surface area contributed by atoms with Gasteiger partial charge in [-0.2, -0.15) is 0 Å². The van der Waals surface area contributed by atoms with Crippen molar-refractivity contribution in [1.29, 1.82) is 0 Å². The average Bonchev–Trinajstić information content (AvgIpc) is 2.15. The van der Waals surface area contributed by atoms with Crippen LogP contribution in [-0.2, 0) is 9.84 Å². The monoisotopic (exact) mass is 297 g/mol. The molecule has 0 amide bonds. The molecule has 0 aromatic heterocycles. The van der Waals surface area contributed by atoms with Crippen LogP contribution in [0.25, 0.3) is 0 Å². The summed E-state index contributed by atoms with van der Waals surface area (Å²) in [5, 5.41) is 8.75. The second kappa shape index (κ2) is 5.54. The number of benzene rings is 1. The zero-order chi connectivity index (χ0) is 13.2. The third kappa shape index (κ3) is 3.56. The Hall–Kier alpha value is -0.330. The lowest BCUT2D eigenvalue weighted by atomic mass is 10.0. The standard InChI is InChI=1S/C10H13Cl2NO3S/c1-17(15,16)9(5-14)10(13)7-3-2-6(11)4-8(7)12/h2-4,9-10,14H,5,13H2,1H3/t9-,10+/m0/s1. The van der Waals surface area contributed by atoms with Crippen LogP contribution >= 0.6 is 23.2 Å². The van der Waals surface area contributed by atoms with E-state index in [-0.39, 0.29) is 5.02 Å². The van der Waals surface area contributed by atoms with E-state index in [0.29, 0.717) is 10.6 Å². The van der Waals surface area contributed by atoms with E-state index >= 15 is 0 Å².